The standard InChI is InChI=1S/C8H17N5O/c1-8(2,3)13-11-7(10-12-13)14-6-4-5-9/h4-6,9H2,1-3H3. The summed E-state index contributed by atoms with van der Waals surface area (Å²) in [4.78, 5) is 1.53. The van der Waals surface area contributed by atoms with Gasteiger partial charge in [0.25, 0.3) is 0 Å². The van der Waals surface area contributed by atoms with Crippen LogP contribution in [0.15, 0.2) is 0 Å². The first-order valence-corrected chi connectivity index (χ1v) is 4.67. The number of nitrogens with two attached hydrogens (primary N) is 1. The molecule has 0 spiro atoms. The largest absolute Gasteiger partial charge is 0.461 e. The molecule has 80 valence electrons. The molecule has 0 atom stereocenters. The zero-order valence-corrected chi connectivity index (χ0v) is 8.90. The molecule has 0 aromatic carbocycles. The van der Waals surface area contributed by atoms with Crippen molar-refractivity contribution in [1.82, 2.24) is 20.2 Å². The molecular formula is C8H17N5O. The van der Waals surface area contributed by atoms with Gasteiger partial charge >= 0.3 is 6.01 Å². The van der Waals surface area contributed by atoms with Crippen LogP contribution >= 0.6 is 0 Å². The van der Waals surface area contributed by atoms with E-state index in [4.69, 9.17) is 10.5 Å². The van der Waals surface area contributed by atoms with Gasteiger partial charge < -0.3 is 10.5 Å². The topological polar surface area (TPSA) is 78.8 Å². The second-order valence-corrected chi connectivity index (χ2v) is 4.02. The fourth-order valence-electron chi connectivity index (χ4n) is 0.790. The molecule has 14 heavy (non-hydrogen) atoms. The normalized spacial score (nSPS) is 11.7. The average molecular weight is 199 g/mol. The highest BCUT2D eigenvalue weighted by molar-refractivity contribution is 4.84. The van der Waals surface area contributed by atoms with Gasteiger partial charge in [-0.1, -0.05) is 10.2 Å². The van der Waals surface area contributed by atoms with Gasteiger partial charge in [0, 0.05) is 0 Å². The summed E-state index contributed by atoms with van der Waals surface area (Å²) in [6.07, 6.45) is 0.796. The van der Waals surface area contributed by atoms with Gasteiger partial charge in [-0.15, -0.1) is 0 Å². The quantitative estimate of drug-likeness (QED) is 0.698. The predicted octanol–water partition coefficient (Wildman–Crippen LogP) is 0.156. The van der Waals surface area contributed by atoms with E-state index in [1.807, 2.05) is 20.8 Å². The lowest BCUT2D eigenvalue weighted by molar-refractivity contribution is 0.272. The van der Waals surface area contributed by atoms with Crippen LogP contribution in [0, 0.1) is 0 Å². The third-order valence-electron chi connectivity index (χ3n) is 1.57. The Morgan fingerprint density at radius 3 is 2.64 bits per heavy atom. The molecule has 0 radical (unpaired) electrons. The van der Waals surface area contributed by atoms with E-state index in [-0.39, 0.29) is 5.54 Å². The summed E-state index contributed by atoms with van der Waals surface area (Å²) in [6.45, 7) is 7.13. The van der Waals surface area contributed by atoms with E-state index in [0.29, 0.717) is 19.2 Å². The lowest BCUT2D eigenvalue weighted by Crippen LogP contribution is -2.24. The SMILES string of the molecule is CC(C)(C)n1nnc(OCCCN)n1. The molecule has 0 fully saturated rings. The number of hydrogen-bond acceptors (Lipinski definition) is 5. The highest BCUT2D eigenvalue weighted by Gasteiger charge is 2.17. The van der Waals surface area contributed by atoms with Crippen LogP contribution in [-0.4, -0.2) is 33.4 Å². The molecule has 6 nitrogen and oxygen atoms in total. The van der Waals surface area contributed by atoms with Crippen LogP contribution < -0.4 is 10.5 Å². The third-order valence-corrected chi connectivity index (χ3v) is 1.57. The summed E-state index contributed by atoms with van der Waals surface area (Å²) < 4.78 is 5.24. The molecule has 6 heteroatoms. The number of ether oxygens (including phenoxy) is 1. The summed E-state index contributed by atoms with van der Waals surface area (Å²) in [5.74, 6) is 0. The maximum Gasteiger partial charge on any atom is 0.356 e. The zero-order valence-electron chi connectivity index (χ0n) is 8.90. The number of hydrogen-bond donors (Lipinski definition) is 1. The Morgan fingerprint density at radius 1 is 1.43 bits per heavy atom. The first-order chi connectivity index (χ1) is 6.54. The fourth-order valence-corrected chi connectivity index (χ4v) is 0.790. The van der Waals surface area contributed by atoms with Crippen molar-refractivity contribution in [2.24, 2.45) is 5.73 Å². The van der Waals surface area contributed by atoms with Crippen molar-refractivity contribution in [2.45, 2.75) is 32.7 Å². The van der Waals surface area contributed by atoms with Crippen molar-refractivity contribution < 1.29 is 4.74 Å². The van der Waals surface area contributed by atoms with Gasteiger partial charge in [-0.25, -0.2) is 0 Å². The van der Waals surface area contributed by atoms with Gasteiger partial charge in [-0.05, 0) is 39.0 Å². The molecule has 0 saturated heterocycles. The maximum absolute atomic E-state index is 5.33. The Balaban J connectivity index is 2.51. The van der Waals surface area contributed by atoms with Crippen LogP contribution in [-0.2, 0) is 5.54 Å². The van der Waals surface area contributed by atoms with Crippen LogP contribution in [0.4, 0.5) is 0 Å². The Labute approximate surface area is 83.4 Å². The number of tetrazole rings is 1. The summed E-state index contributed by atoms with van der Waals surface area (Å²) in [7, 11) is 0. The van der Waals surface area contributed by atoms with E-state index in [1.165, 1.54) is 4.80 Å². The maximum atomic E-state index is 5.33. The minimum Gasteiger partial charge on any atom is -0.461 e. The molecule has 1 rings (SSSR count). The van der Waals surface area contributed by atoms with Crippen LogP contribution in [0.25, 0.3) is 0 Å². The van der Waals surface area contributed by atoms with Gasteiger partial charge in [0.05, 0.1) is 12.1 Å². The van der Waals surface area contributed by atoms with Gasteiger partial charge in [0.1, 0.15) is 0 Å². The lowest BCUT2D eigenvalue weighted by Gasteiger charge is -2.14. The Hall–Kier alpha value is -1.17. The van der Waals surface area contributed by atoms with Crippen LogP contribution in [0.5, 0.6) is 6.01 Å². The molecule has 1 aromatic heterocycles. The zero-order chi connectivity index (χ0) is 10.6. The Kier molecular flexibility index (Phi) is 3.40. The first-order valence-electron chi connectivity index (χ1n) is 4.67. The molecule has 0 aliphatic heterocycles. The smallest absolute Gasteiger partial charge is 0.356 e. The van der Waals surface area contributed by atoms with E-state index in [1.54, 1.807) is 0 Å². The van der Waals surface area contributed by atoms with E-state index >= 15 is 0 Å². The summed E-state index contributed by atoms with van der Waals surface area (Å²) in [6, 6.07) is 0.313. The van der Waals surface area contributed by atoms with E-state index in [2.05, 4.69) is 15.4 Å². The van der Waals surface area contributed by atoms with Crippen molar-refractivity contribution in [3.05, 3.63) is 0 Å². The Morgan fingerprint density at radius 2 is 2.14 bits per heavy atom. The Bertz CT molecular complexity index is 278. The molecular weight excluding hydrogens is 182 g/mol. The predicted molar refractivity (Wildman–Crippen MR) is 52.0 cm³/mol. The molecule has 0 bridgehead atoms. The van der Waals surface area contributed by atoms with Crippen molar-refractivity contribution in [3.8, 4) is 6.01 Å². The molecule has 1 aromatic rings. The minimum atomic E-state index is -0.164. The summed E-state index contributed by atoms with van der Waals surface area (Å²) in [5.41, 5.74) is 5.16. The summed E-state index contributed by atoms with van der Waals surface area (Å²) in [5, 5.41) is 11.7. The van der Waals surface area contributed by atoms with E-state index in [0.717, 1.165) is 6.42 Å². The number of nitrogens with zero attached hydrogens (tertiary/aromatic N) is 4. The van der Waals surface area contributed by atoms with Gasteiger partial charge in [0.2, 0.25) is 0 Å². The highest BCUT2D eigenvalue weighted by atomic mass is 16.5. The van der Waals surface area contributed by atoms with Crippen molar-refractivity contribution >= 4 is 0 Å². The fraction of sp³-hybridized carbons (Fsp3) is 0.875. The molecule has 0 saturated carbocycles. The van der Waals surface area contributed by atoms with Gasteiger partial charge in [0.15, 0.2) is 0 Å². The lowest BCUT2D eigenvalue weighted by atomic mass is 10.1. The number of rotatable bonds is 4. The van der Waals surface area contributed by atoms with E-state index in [9.17, 15) is 0 Å². The average Bonchev–Trinajstić information content (AvgIpc) is 2.52. The third kappa shape index (κ3) is 2.95. The van der Waals surface area contributed by atoms with Crippen molar-refractivity contribution in [3.63, 3.8) is 0 Å². The van der Waals surface area contributed by atoms with Crippen LogP contribution in [0.3, 0.4) is 0 Å². The van der Waals surface area contributed by atoms with Gasteiger partial charge in [-0.2, -0.15) is 4.80 Å². The first kappa shape index (κ1) is 10.9. The molecule has 2 N–H and O–H groups in total. The molecule has 0 unspecified atom stereocenters. The molecule has 0 aliphatic carbocycles. The summed E-state index contributed by atoms with van der Waals surface area (Å²) >= 11 is 0. The van der Waals surface area contributed by atoms with Crippen molar-refractivity contribution in [1.29, 1.82) is 0 Å². The number of aromatic nitrogens is 4. The van der Waals surface area contributed by atoms with Gasteiger partial charge in [-0.3, -0.25) is 0 Å². The molecule has 0 amide bonds. The molecule has 1 heterocycles. The van der Waals surface area contributed by atoms with E-state index < -0.39 is 0 Å². The highest BCUT2D eigenvalue weighted by Crippen LogP contribution is 2.11. The second kappa shape index (κ2) is 4.36. The monoisotopic (exact) mass is 199 g/mol. The van der Waals surface area contributed by atoms with Crippen LogP contribution in [0.1, 0.15) is 27.2 Å². The second-order valence-electron chi connectivity index (χ2n) is 4.02. The molecule has 0 aliphatic rings. The minimum absolute atomic E-state index is 0.164. The van der Waals surface area contributed by atoms with Crippen LogP contribution in [0.2, 0.25) is 0 Å². The van der Waals surface area contributed by atoms with Crippen molar-refractivity contribution in [2.75, 3.05) is 13.2 Å².